The van der Waals surface area contributed by atoms with Gasteiger partial charge in [-0.05, 0) is 35.9 Å². The van der Waals surface area contributed by atoms with Gasteiger partial charge >= 0.3 is 0 Å². The Kier molecular flexibility index (Phi) is 7.02. The highest BCUT2D eigenvalue weighted by Gasteiger charge is 2.12. The molecule has 2 aromatic carbocycles. The summed E-state index contributed by atoms with van der Waals surface area (Å²) in [5, 5.41) is 12.9. The number of aliphatic hydroxyl groups excluding tert-OH is 1. The molecule has 2 N–H and O–H groups in total. The summed E-state index contributed by atoms with van der Waals surface area (Å²) < 4.78 is 0. The van der Waals surface area contributed by atoms with Gasteiger partial charge in [0.25, 0.3) is 5.91 Å². The molecule has 0 heterocycles. The van der Waals surface area contributed by atoms with E-state index >= 15 is 0 Å². The largest absolute Gasteiger partial charge is 0.395 e. The molecule has 0 radical (unpaired) electrons. The number of hydrogen-bond donors (Lipinski definition) is 2. The molecule has 0 unspecified atom stereocenters. The quantitative estimate of drug-likeness (QED) is 0.674. The van der Waals surface area contributed by atoms with Crippen LogP contribution in [0.25, 0.3) is 5.57 Å². The van der Waals surface area contributed by atoms with Crippen LogP contribution in [0.2, 0.25) is 15.1 Å². The van der Waals surface area contributed by atoms with Gasteiger partial charge in [-0.15, -0.1) is 0 Å². The molecule has 0 aliphatic carbocycles. The second kappa shape index (κ2) is 8.79. The molecule has 7 heteroatoms. The first-order valence-corrected chi connectivity index (χ1v) is 8.88. The molecule has 24 heavy (non-hydrogen) atoms. The maximum absolute atomic E-state index is 11.9. The Labute approximate surface area is 159 Å². The number of nitrogens with one attached hydrogen (secondary N) is 1. The second-order valence-electron chi connectivity index (χ2n) is 4.78. The van der Waals surface area contributed by atoms with Gasteiger partial charge in [-0.25, -0.2) is 0 Å². The van der Waals surface area contributed by atoms with E-state index in [9.17, 15) is 4.79 Å². The van der Waals surface area contributed by atoms with Crippen LogP contribution in [0.1, 0.15) is 5.56 Å². The predicted octanol–water partition coefficient (Wildman–Crippen LogP) is 4.92. The fourth-order valence-corrected chi connectivity index (χ4v) is 3.50. The zero-order valence-electron chi connectivity index (χ0n) is 12.5. The molecule has 0 aliphatic rings. The third-order valence-electron chi connectivity index (χ3n) is 3.07. The van der Waals surface area contributed by atoms with Crippen LogP contribution in [-0.2, 0) is 4.79 Å². The standard InChI is InChI=1S/C17H14Cl3NO2S/c1-10(17(23)21-6-7-22)11-2-4-15(13(19)8-11)24-16-5-3-12(18)9-14(16)20/h2-5,8-9,22H,1,6-7H2,(H,21,23). The van der Waals surface area contributed by atoms with Crippen LogP contribution in [-0.4, -0.2) is 24.2 Å². The summed E-state index contributed by atoms with van der Waals surface area (Å²) in [4.78, 5) is 13.5. The van der Waals surface area contributed by atoms with E-state index in [4.69, 9.17) is 39.9 Å². The molecule has 0 spiro atoms. The van der Waals surface area contributed by atoms with Crippen LogP contribution in [0.3, 0.4) is 0 Å². The molecule has 0 aliphatic heterocycles. The zero-order valence-corrected chi connectivity index (χ0v) is 15.6. The minimum atomic E-state index is -0.346. The van der Waals surface area contributed by atoms with Gasteiger partial charge in [0.1, 0.15) is 0 Å². The first-order chi connectivity index (χ1) is 11.4. The van der Waals surface area contributed by atoms with Crippen molar-refractivity contribution >= 4 is 58.0 Å². The van der Waals surface area contributed by atoms with Crippen molar-refractivity contribution in [2.45, 2.75) is 9.79 Å². The van der Waals surface area contributed by atoms with Crippen molar-refractivity contribution in [3.63, 3.8) is 0 Å². The highest BCUT2D eigenvalue weighted by molar-refractivity contribution is 7.99. The SMILES string of the molecule is C=C(C(=O)NCCO)c1ccc(Sc2ccc(Cl)cc2Cl)c(Cl)c1. The van der Waals surface area contributed by atoms with Crippen molar-refractivity contribution < 1.29 is 9.90 Å². The number of carbonyl (C=O) groups is 1. The first kappa shape index (κ1) is 19.2. The number of rotatable bonds is 6. The number of aliphatic hydroxyl groups is 1. The summed E-state index contributed by atoms with van der Waals surface area (Å²) >= 11 is 19.8. The van der Waals surface area contributed by atoms with Gasteiger partial charge in [-0.3, -0.25) is 4.79 Å². The molecule has 2 rings (SSSR count). The van der Waals surface area contributed by atoms with Crippen molar-refractivity contribution in [3.8, 4) is 0 Å². The Morgan fingerprint density at radius 3 is 2.29 bits per heavy atom. The van der Waals surface area contributed by atoms with E-state index < -0.39 is 0 Å². The normalized spacial score (nSPS) is 10.5. The van der Waals surface area contributed by atoms with E-state index in [2.05, 4.69) is 11.9 Å². The van der Waals surface area contributed by atoms with Gasteiger partial charge in [0.2, 0.25) is 0 Å². The van der Waals surface area contributed by atoms with Gasteiger partial charge in [-0.1, -0.05) is 59.2 Å². The number of carbonyl (C=O) groups excluding carboxylic acids is 1. The van der Waals surface area contributed by atoms with Crippen molar-refractivity contribution in [3.05, 3.63) is 63.6 Å². The van der Waals surface area contributed by atoms with Crippen molar-refractivity contribution in [2.24, 2.45) is 0 Å². The van der Waals surface area contributed by atoms with E-state index in [1.54, 1.807) is 30.3 Å². The van der Waals surface area contributed by atoms with E-state index in [1.165, 1.54) is 11.8 Å². The summed E-state index contributed by atoms with van der Waals surface area (Å²) in [6.45, 7) is 3.81. The van der Waals surface area contributed by atoms with Crippen LogP contribution < -0.4 is 5.32 Å². The molecule has 0 saturated carbocycles. The molecule has 0 saturated heterocycles. The summed E-state index contributed by atoms with van der Waals surface area (Å²) in [6, 6.07) is 10.5. The van der Waals surface area contributed by atoms with Crippen LogP contribution in [0.4, 0.5) is 0 Å². The van der Waals surface area contributed by atoms with Crippen molar-refractivity contribution in [2.75, 3.05) is 13.2 Å². The Morgan fingerprint density at radius 1 is 1.08 bits per heavy atom. The average Bonchev–Trinajstić information content (AvgIpc) is 2.56. The van der Waals surface area contributed by atoms with Crippen LogP contribution >= 0.6 is 46.6 Å². The van der Waals surface area contributed by atoms with Crippen LogP contribution in [0, 0.1) is 0 Å². The molecule has 2 aromatic rings. The summed E-state index contributed by atoms with van der Waals surface area (Å²) in [5.41, 5.74) is 0.897. The summed E-state index contributed by atoms with van der Waals surface area (Å²) in [6.07, 6.45) is 0. The Hall–Kier alpha value is -1.17. The number of amides is 1. The lowest BCUT2D eigenvalue weighted by atomic mass is 10.1. The molecule has 126 valence electrons. The molecular formula is C17H14Cl3NO2S. The van der Waals surface area contributed by atoms with Gasteiger partial charge in [0, 0.05) is 26.9 Å². The van der Waals surface area contributed by atoms with E-state index in [1.807, 2.05) is 6.07 Å². The minimum absolute atomic E-state index is 0.128. The molecular weight excluding hydrogens is 389 g/mol. The molecule has 0 aromatic heterocycles. The Bertz CT molecular complexity index is 780. The highest BCUT2D eigenvalue weighted by Crippen LogP contribution is 2.38. The lowest BCUT2D eigenvalue weighted by Gasteiger charge is -2.10. The lowest BCUT2D eigenvalue weighted by molar-refractivity contribution is -0.115. The minimum Gasteiger partial charge on any atom is -0.395 e. The van der Waals surface area contributed by atoms with Gasteiger partial charge in [0.15, 0.2) is 0 Å². The first-order valence-electron chi connectivity index (χ1n) is 6.93. The smallest absolute Gasteiger partial charge is 0.251 e. The summed E-state index contributed by atoms with van der Waals surface area (Å²) in [5.74, 6) is -0.346. The fraction of sp³-hybridized carbons (Fsp3) is 0.118. The zero-order chi connectivity index (χ0) is 17.7. The third-order valence-corrected chi connectivity index (χ3v) is 5.30. The van der Waals surface area contributed by atoms with Gasteiger partial charge < -0.3 is 10.4 Å². The lowest BCUT2D eigenvalue weighted by Crippen LogP contribution is -2.26. The maximum Gasteiger partial charge on any atom is 0.251 e. The monoisotopic (exact) mass is 401 g/mol. The summed E-state index contributed by atoms with van der Waals surface area (Å²) in [7, 11) is 0. The number of benzene rings is 2. The number of hydrogen-bond acceptors (Lipinski definition) is 3. The second-order valence-corrected chi connectivity index (χ2v) is 7.11. The maximum atomic E-state index is 11.9. The molecule has 0 atom stereocenters. The van der Waals surface area contributed by atoms with Crippen LogP contribution in [0.15, 0.2) is 52.8 Å². The van der Waals surface area contributed by atoms with Gasteiger partial charge in [-0.2, -0.15) is 0 Å². The molecule has 3 nitrogen and oxygen atoms in total. The molecule has 1 amide bonds. The average molecular weight is 403 g/mol. The molecule has 0 fully saturated rings. The number of halogens is 3. The van der Waals surface area contributed by atoms with Crippen molar-refractivity contribution in [1.29, 1.82) is 0 Å². The highest BCUT2D eigenvalue weighted by atomic mass is 35.5. The topological polar surface area (TPSA) is 49.3 Å². The van der Waals surface area contributed by atoms with E-state index in [-0.39, 0.29) is 24.6 Å². The predicted molar refractivity (Wildman–Crippen MR) is 101 cm³/mol. The van der Waals surface area contributed by atoms with Crippen molar-refractivity contribution in [1.82, 2.24) is 5.32 Å². The fourth-order valence-electron chi connectivity index (χ4n) is 1.85. The Morgan fingerprint density at radius 2 is 1.71 bits per heavy atom. The van der Waals surface area contributed by atoms with E-state index in [0.717, 1.165) is 9.79 Å². The Balaban J connectivity index is 2.17. The van der Waals surface area contributed by atoms with Gasteiger partial charge in [0.05, 0.1) is 16.7 Å². The van der Waals surface area contributed by atoms with Crippen LogP contribution in [0.5, 0.6) is 0 Å². The molecule has 0 bridgehead atoms. The third kappa shape index (κ3) is 4.91. The van der Waals surface area contributed by atoms with E-state index in [0.29, 0.717) is 20.6 Å².